The molecule has 4 rings (SSSR count). The fourth-order valence-electron chi connectivity index (χ4n) is 4.10. The quantitative estimate of drug-likeness (QED) is 0.654. The van der Waals surface area contributed by atoms with Gasteiger partial charge >= 0.3 is 11.9 Å². The van der Waals surface area contributed by atoms with E-state index in [4.69, 9.17) is 19.8 Å². The Labute approximate surface area is 199 Å². The maximum Gasteiger partial charge on any atom is 0.414 e. The Morgan fingerprint density at radius 1 is 0.794 bits per heavy atom. The van der Waals surface area contributed by atoms with Gasteiger partial charge in [0, 0.05) is 45.0 Å². The molecule has 2 aliphatic heterocycles. The van der Waals surface area contributed by atoms with E-state index in [1.54, 1.807) is 0 Å². The Balaban J connectivity index is 0.000000481. The summed E-state index contributed by atoms with van der Waals surface area (Å²) in [5, 5.41) is 14.8. The highest BCUT2D eigenvalue weighted by Gasteiger charge is 2.25. The van der Waals surface area contributed by atoms with Gasteiger partial charge in [-0.05, 0) is 30.0 Å². The van der Waals surface area contributed by atoms with E-state index in [-0.39, 0.29) is 5.91 Å². The molecule has 1 fully saturated rings. The van der Waals surface area contributed by atoms with Gasteiger partial charge in [0.1, 0.15) is 0 Å². The lowest BCUT2D eigenvalue weighted by Gasteiger charge is -2.36. The minimum atomic E-state index is -1.82. The van der Waals surface area contributed by atoms with Gasteiger partial charge in [0.05, 0.1) is 6.54 Å². The second-order valence-electron chi connectivity index (χ2n) is 8.28. The highest BCUT2D eigenvalue weighted by Crippen LogP contribution is 2.26. The van der Waals surface area contributed by atoms with Crippen LogP contribution in [0.1, 0.15) is 17.5 Å². The minimum Gasteiger partial charge on any atom is -0.473 e. The van der Waals surface area contributed by atoms with Gasteiger partial charge in [0.25, 0.3) is 0 Å². The van der Waals surface area contributed by atoms with Crippen LogP contribution in [-0.2, 0) is 20.8 Å². The molecule has 1 saturated heterocycles. The van der Waals surface area contributed by atoms with E-state index in [1.807, 2.05) is 17.0 Å². The monoisotopic (exact) mass is 465 g/mol. The first-order chi connectivity index (χ1) is 16.4. The maximum absolute atomic E-state index is 12.9. The molecule has 2 heterocycles. The summed E-state index contributed by atoms with van der Waals surface area (Å²) in [5.41, 5.74) is 3.66. The smallest absolute Gasteiger partial charge is 0.414 e. The predicted molar refractivity (Wildman–Crippen MR) is 131 cm³/mol. The molecule has 0 atom stereocenters. The summed E-state index contributed by atoms with van der Waals surface area (Å²) in [6, 6.07) is 18.8. The van der Waals surface area contributed by atoms with Crippen molar-refractivity contribution in [3.05, 3.63) is 71.8 Å². The number of carbonyl (C=O) groups is 3. The van der Waals surface area contributed by atoms with Crippen LogP contribution in [0.4, 0.5) is 5.69 Å². The number of aliphatic carboxylic acids is 2. The van der Waals surface area contributed by atoms with Gasteiger partial charge in [0.2, 0.25) is 5.91 Å². The van der Waals surface area contributed by atoms with Crippen molar-refractivity contribution in [2.45, 2.75) is 12.8 Å². The Morgan fingerprint density at radius 3 is 2.09 bits per heavy atom. The van der Waals surface area contributed by atoms with Crippen LogP contribution in [0.15, 0.2) is 60.7 Å². The predicted octanol–water partition coefficient (Wildman–Crippen LogP) is 2.45. The third kappa shape index (κ3) is 7.54. The van der Waals surface area contributed by atoms with Crippen LogP contribution in [0, 0.1) is 0 Å². The number of anilines is 1. The lowest BCUT2D eigenvalue weighted by atomic mass is 10.0. The zero-order valence-corrected chi connectivity index (χ0v) is 19.2. The molecule has 34 heavy (non-hydrogen) atoms. The van der Waals surface area contributed by atoms with Crippen molar-refractivity contribution < 1.29 is 24.6 Å². The Kier molecular flexibility index (Phi) is 9.37. The fraction of sp³-hybridized carbons (Fsp3) is 0.346. The molecule has 8 nitrogen and oxygen atoms in total. The minimum absolute atomic E-state index is 0.240. The van der Waals surface area contributed by atoms with Crippen molar-refractivity contribution in [1.82, 2.24) is 9.80 Å². The molecule has 0 unspecified atom stereocenters. The van der Waals surface area contributed by atoms with Crippen LogP contribution in [0.25, 0.3) is 6.08 Å². The van der Waals surface area contributed by atoms with Gasteiger partial charge in [-0.2, -0.15) is 0 Å². The summed E-state index contributed by atoms with van der Waals surface area (Å²) in [5.74, 6) is -3.41. The lowest BCUT2D eigenvalue weighted by molar-refractivity contribution is -0.159. The number of hydrogen-bond donors (Lipinski definition) is 2. The standard InChI is InChI=1S/C24H29N3O.C2H2O4/c28-24(27-15-7-12-22-11-4-5-13-23(22)27)20-26-18-16-25(17-19-26)14-6-10-21-8-2-1-3-9-21;3-1(4)2(5)6/h1-6,8-11,13H,7,12,14-20H2;(H,3,4)(H,5,6). The third-order valence-electron chi connectivity index (χ3n) is 5.89. The number of carboxylic acids is 2. The van der Waals surface area contributed by atoms with E-state index in [0.29, 0.717) is 6.54 Å². The van der Waals surface area contributed by atoms with Crippen molar-refractivity contribution in [2.75, 3.05) is 50.7 Å². The van der Waals surface area contributed by atoms with E-state index in [2.05, 4.69) is 64.4 Å². The van der Waals surface area contributed by atoms with Crippen molar-refractivity contribution in [1.29, 1.82) is 0 Å². The van der Waals surface area contributed by atoms with Crippen LogP contribution in [0.3, 0.4) is 0 Å². The Morgan fingerprint density at radius 2 is 1.41 bits per heavy atom. The molecule has 2 aliphatic rings. The van der Waals surface area contributed by atoms with Crippen LogP contribution in [0.2, 0.25) is 0 Å². The van der Waals surface area contributed by atoms with Crippen LogP contribution >= 0.6 is 0 Å². The van der Waals surface area contributed by atoms with E-state index >= 15 is 0 Å². The first-order valence-electron chi connectivity index (χ1n) is 11.4. The molecule has 0 radical (unpaired) electrons. The number of rotatable bonds is 5. The maximum atomic E-state index is 12.9. The molecular formula is C26H31N3O5. The van der Waals surface area contributed by atoms with Gasteiger partial charge in [0.15, 0.2) is 0 Å². The molecule has 0 spiro atoms. The first kappa shape index (κ1) is 25.1. The number of amides is 1. The molecule has 0 aliphatic carbocycles. The molecule has 180 valence electrons. The molecule has 0 bridgehead atoms. The van der Waals surface area contributed by atoms with E-state index in [0.717, 1.165) is 57.8 Å². The zero-order valence-electron chi connectivity index (χ0n) is 19.2. The summed E-state index contributed by atoms with van der Waals surface area (Å²) < 4.78 is 0. The van der Waals surface area contributed by atoms with Gasteiger partial charge in [-0.25, -0.2) is 9.59 Å². The number of carboxylic acid groups (broad SMARTS) is 2. The average molecular weight is 466 g/mol. The van der Waals surface area contributed by atoms with Crippen molar-refractivity contribution in [3.63, 3.8) is 0 Å². The summed E-state index contributed by atoms with van der Waals surface area (Å²) in [4.78, 5) is 37.8. The summed E-state index contributed by atoms with van der Waals surface area (Å²) in [6.07, 6.45) is 6.56. The van der Waals surface area contributed by atoms with Crippen molar-refractivity contribution >= 4 is 29.6 Å². The number of benzene rings is 2. The number of nitrogens with zero attached hydrogens (tertiary/aromatic N) is 3. The molecule has 2 aromatic carbocycles. The topological polar surface area (TPSA) is 101 Å². The van der Waals surface area contributed by atoms with Gasteiger partial charge in [-0.3, -0.25) is 14.6 Å². The van der Waals surface area contributed by atoms with Crippen molar-refractivity contribution in [3.8, 4) is 0 Å². The van der Waals surface area contributed by atoms with E-state index in [1.165, 1.54) is 11.1 Å². The Hall–Kier alpha value is -3.49. The number of piperazine rings is 1. The van der Waals surface area contributed by atoms with Crippen LogP contribution in [0.5, 0.6) is 0 Å². The number of carbonyl (C=O) groups excluding carboxylic acids is 1. The molecule has 2 aromatic rings. The normalized spacial score (nSPS) is 16.4. The summed E-state index contributed by atoms with van der Waals surface area (Å²) in [6.45, 7) is 6.30. The van der Waals surface area contributed by atoms with Crippen LogP contribution < -0.4 is 4.90 Å². The van der Waals surface area contributed by atoms with Gasteiger partial charge in [-0.1, -0.05) is 60.7 Å². The average Bonchev–Trinajstić information content (AvgIpc) is 2.85. The second kappa shape index (κ2) is 12.7. The van der Waals surface area contributed by atoms with E-state index in [9.17, 15) is 4.79 Å². The largest absolute Gasteiger partial charge is 0.473 e. The zero-order chi connectivity index (χ0) is 24.3. The van der Waals surface area contributed by atoms with Crippen molar-refractivity contribution in [2.24, 2.45) is 0 Å². The number of aryl methyl sites for hydroxylation is 1. The number of para-hydroxylation sites is 1. The fourth-order valence-corrected chi connectivity index (χ4v) is 4.10. The summed E-state index contributed by atoms with van der Waals surface area (Å²) in [7, 11) is 0. The highest BCUT2D eigenvalue weighted by molar-refractivity contribution is 6.27. The first-order valence-corrected chi connectivity index (χ1v) is 11.4. The SMILES string of the molecule is O=C(CN1CCN(CC=Cc2ccccc2)CC1)N1CCCc2ccccc21.O=C(O)C(=O)O. The van der Waals surface area contributed by atoms with Gasteiger partial charge < -0.3 is 15.1 Å². The number of hydrogen-bond acceptors (Lipinski definition) is 5. The molecule has 8 heteroatoms. The van der Waals surface area contributed by atoms with Gasteiger partial charge in [-0.15, -0.1) is 0 Å². The highest BCUT2D eigenvalue weighted by atomic mass is 16.4. The molecular weight excluding hydrogens is 434 g/mol. The summed E-state index contributed by atoms with van der Waals surface area (Å²) >= 11 is 0. The van der Waals surface area contributed by atoms with Crippen LogP contribution in [-0.4, -0.2) is 83.7 Å². The number of fused-ring (bicyclic) bond motifs is 1. The molecule has 1 amide bonds. The molecule has 0 aromatic heterocycles. The molecule has 2 N–H and O–H groups in total. The third-order valence-corrected chi connectivity index (χ3v) is 5.89. The Bertz CT molecular complexity index is 989. The second-order valence-corrected chi connectivity index (χ2v) is 8.28. The van der Waals surface area contributed by atoms with E-state index < -0.39 is 11.9 Å². The lowest BCUT2D eigenvalue weighted by Crippen LogP contribution is -2.50. The molecule has 0 saturated carbocycles.